The third kappa shape index (κ3) is 4.22. The number of thiazole rings is 1. The topological polar surface area (TPSA) is 78.4 Å². The second kappa shape index (κ2) is 7.45. The van der Waals surface area contributed by atoms with Crippen molar-refractivity contribution < 1.29 is 8.42 Å². The van der Waals surface area contributed by atoms with Crippen molar-refractivity contribution in [3.05, 3.63) is 35.5 Å². The Balaban J connectivity index is 1.49. The van der Waals surface area contributed by atoms with Gasteiger partial charge in [0.25, 0.3) is 0 Å². The fourth-order valence-corrected chi connectivity index (χ4v) is 4.62. The van der Waals surface area contributed by atoms with Gasteiger partial charge in [0.15, 0.2) is 5.13 Å². The molecule has 1 saturated heterocycles. The van der Waals surface area contributed by atoms with Gasteiger partial charge in [-0.15, -0.1) is 11.3 Å². The summed E-state index contributed by atoms with van der Waals surface area (Å²) in [4.78, 5) is 11.7. The van der Waals surface area contributed by atoms with Crippen molar-refractivity contribution in [2.45, 2.75) is 6.92 Å². The summed E-state index contributed by atoms with van der Waals surface area (Å²) in [5.41, 5.74) is 0. The first kappa shape index (κ1) is 17.1. The molecule has 1 aliphatic heterocycles. The summed E-state index contributed by atoms with van der Waals surface area (Å²) in [6, 6.07) is 5.77. The highest BCUT2D eigenvalue weighted by Gasteiger charge is 2.27. The van der Waals surface area contributed by atoms with Gasteiger partial charge in [-0.25, -0.2) is 18.4 Å². The first-order chi connectivity index (χ1) is 11.5. The lowest BCUT2D eigenvalue weighted by atomic mass is 10.3. The van der Waals surface area contributed by atoms with E-state index in [1.165, 1.54) is 11.3 Å². The number of hydrogen-bond acceptors (Lipinski definition) is 7. The normalized spacial score (nSPS) is 16.3. The Morgan fingerprint density at radius 2 is 2.00 bits per heavy atom. The van der Waals surface area contributed by atoms with Gasteiger partial charge in [-0.1, -0.05) is 6.07 Å². The van der Waals surface area contributed by atoms with Gasteiger partial charge in [-0.2, -0.15) is 4.31 Å². The smallest absolute Gasteiger partial charge is 0.215 e. The number of aryl methyl sites for hydroxylation is 1. The van der Waals surface area contributed by atoms with Crippen LogP contribution in [0.5, 0.6) is 0 Å². The number of rotatable bonds is 6. The maximum absolute atomic E-state index is 12.5. The molecule has 9 heteroatoms. The number of piperazine rings is 1. The Labute approximate surface area is 146 Å². The number of hydrogen-bond donors (Lipinski definition) is 1. The van der Waals surface area contributed by atoms with E-state index in [2.05, 4.69) is 20.2 Å². The third-order valence-corrected chi connectivity index (χ3v) is 6.61. The van der Waals surface area contributed by atoms with E-state index < -0.39 is 10.0 Å². The molecule has 7 nitrogen and oxygen atoms in total. The van der Waals surface area contributed by atoms with Crippen molar-refractivity contribution in [2.24, 2.45) is 0 Å². The molecule has 130 valence electrons. The number of nitrogens with one attached hydrogen (secondary N) is 1. The van der Waals surface area contributed by atoms with E-state index in [1.807, 2.05) is 25.1 Å². The monoisotopic (exact) mass is 367 g/mol. The second-order valence-corrected chi connectivity index (χ2v) is 8.92. The Kier molecular flexibility index (Phi) is 5.32. The van der Waals surface area contributed by atoms with Crippen LogP contribution in [0.25, 0.3) is 0 Å². The van der Waals surface area contributed by atoms with Gasteiger partial charge in [0, 0.05) is 50.0 Å². The van der Waals surface area contributed by atoms with Crippen molar-refractivity contribution in [2.75, 3.05) is 48.7 Å². The van der Waals surface area contributed by atoms with Crippen LogP contribution in [-0.4, -0.2) is 61.2 Å². The van der Waals surface area contributed by atoms with E-state index in [-0.39, 0.29) is 5.75 Å². The molecule has 1 N–H and O–H groups in total. The summed E-state index contributed by atoms with van der Waals surface area (Å²) in [5.74, 6) is 0.977. The van der Waals surface area contributed by atoms with E-state index in [4.69, 9.17) is 0 Å². The summed E-state index contributed by atoms with van der Waals surface area (Å²) >= 11 is 1.53. The highest BCUT2D eigenvalue weighted by atomic mass is 32.2. The maximum Gasteiger partial charge on any atom is 0.215 e. The molecule has 2 aromatic rings. The van der Waals surface area contributed by atoms with E-state index in [0.29, 0.717) is 32.7 Å². The molecular formula is C15H21N5O2S2. The number of sulfonamides is 1. The first-order valence-electron chi connectivity index (χ1n) is 7.85. The fraction of sp³-hybridized carbons (Fsp3) is 0.467. The van der Waals surface area contributed by atoms with Gasteiger partial charge in [0.1, 0.15) is 5.82 Å². The van der Waals surface area contributed by atoms with Crippen LogP contribution in [0.3, 0.4) is 0 Å². The van der Waals surface area contributed by atoms with Crippen LogP contribution in [0.2, 0.25) is 0 Å². The molecular weight excluding hydrogens is 346 g/mol. The summed E-state index contributed by atoms with van der Waals surface area (Å²) in [7, 11) is -3.25. The quantitative estimate of drug-likeness (QED) is 0.832. The summed E-state index contributed by atoms with van der Waals surface area (Å²) < 4.78 is 26.5. The van der Waals surface area contributed by atoms with E-state index in [1.54, 1.807) is 16.7 Å². The molecule has 3 heterocycles. The van der Waals surface area contributed by atoms with Crippen molar-refractivity contribution in [1.29, 1.82) is 0 Å². The molecule has 0 bridgehead atoms. The maximum atomic E-state index is 12.5. The fourth-order valence-electron chi connectivity index (χ4n) is 2.59. The van der Waals surface area contributed by atoms with Crippen LogP contribution in [-0.2, 0) is 10.0 Å². The zero-order chi connectivity index (χ0) is 17.0. The summed E-state index contributed by atoms with van der Waals surface area (Å²) in [6.45, 7) is 4.66. The lowest BCUT2D eigenvalue weighted by Gasteiger charge is -2.34. The van der Waals surface area contributed by atoms with Crippen LogP contribution in [0, 0.1) is 6.92 Å². The minimum absolute atomic E-state index is 0.0786. The van der Waals surface area contributed by atoms with Gasteiger partial charge >= 0.3 is 0 Å². The third-order valence-electron chi connectivity index (χ3n) is 3.86. The number of aromatic nitrogens is 2. The Bertz CT molecular complexity index is 755. The van der Waals surface area contributed by atoms with Gasteiger partial charge in [-0.05, 0) is 19.1 Å². The number of nitrogens with zero attached hydrogens (tertiary/aromatic N) is 4. The van der Waals surface area contributed by atoms with Crippen LogP contribution in [0.15, 0.2) is 30.6 Å². The molecule has 0 radical (unpaired) electrons. The molecule has 0 amide bonds. The molecule has 0 atom stereocenters. The largest absolute Gasteiger partial charge is 0.360 e. The zero-order valence-electron chi connectivity index (χ0n) is 13.6. The molecule has 1 fully saturated rings. The predicted molar refractivity (Wildman–Crippen MR) is 97.2 cm³/mol. The second-order valence-electron chi connectivity index (χ2n) is 5.59. The van der Waals surface area contributed by atoms with E-state index in [9.17, 15) is 8.42 Å². The van der Waals surface area contributed by atoms with Crippen molar-refractivity contribution >= 4 is 32.3 Å². The Hall–Kier alpha value is -1.71. The molecule has 24 heavy (non-hydrogen) atoms. The molecule has 0 spiro atoms. The van der Waals surface area contributed by atoms with Crippen LogP contribution in [0.1, 0.15) is 4.88 Å². The van der Waals surface area contributed by atoms with Gasteiger partial charge in [0.2, 0.25) is 10.0 Å². The average molecular weight is 368 g/mol. The molecule has 0 aliphatic carbocycles. The first-order valence-corrected chi connectivity index (χ1v) is 10.3. The van der Waals surface area contributed by atoms with Gasteiger partial charge in [0.05, 0.1) is 5.75 Å². The molecule has 0 aromatic carbocycles. The minimum atomic E-state index is -3.25. The minimum Gasteiger partial charge on any atom is -0.360 e. The summed E-state index contributed by atoms with van der Waals surface area (Å²) in [6.07, 6.45) is 3.53. The Morgan fingerprint density at radius 3 is 2.62 bits per heavy atom. The highest BCUT2D eigenvalue weighted by Crippen LogP contribution is 2.17. The predicted octanol–water partition coefficient (Wildman–Crippen LogP) is 1.41. The average Bonchev–Trinajstić information content (AvgIpc) is 3.01. The lowest BCUT2D eigenvalue weighted by Crippen LogP contribution is -2.50. The standard InChI is InChI=1S/C15H21N5O2S2/c1-13-12-18-15(23-13)17-6-11-24(21,22)20-9-7-19(8-10-20)14-4-2-3-5-16-14/h2-5,12H,6-11H2,1H3,(H,17,18). The van der Waals surface area contributed by atoms with Crippen LogP contribution < -0.4 is 10.2 Å². The van der Waals surface area contributed by atoms with Crippen molar-refractivity contribution in [3.63, 3.8) is 0 Å². The van der Waals surface area contributed by atoms with Crippen LogP contribution >= 0.6 is 11.3 Å². The number of anilines is 2. The molecule has 0 saturated carbocycles. The molecule has 1 aliphatic rings. The lowest BCUT2D eigenvalue weighted by molar-refractivity contribution is 0.384. The molecule has 3 rings (SSSR count). The van der Waals surface area contributed by atoms with Crippen LogP contribution in [0.4, 0.5) is 10.9 Å². The van der Waals surface area contributed by atoms with Crippen molar-refractivity contribution in [1.82, 2.24) is 14.3 Å². The van der Waals surface area contributed by atoms with Gasteiger partial charge < -0.3 is 10.2 Å². The highest BCUT2D eigenvalue weighted by molar-refractivity contribution is 7.89. The SMILES string of the molecule is Cc1cnc(NCCS(=O)(=O)N2CCN(c3ccccn3)CC2)s1. The molecule has 2 aromatic heterocycles. The zero-order valence-corrected chi connectivity index (χ0v) is 15.2. The van der Waals surface area contributed by atoms with E-state index >= 15 is 0 Å². The number of pyridine rings is 1. The summed E-state index contributed by atoms with van der Waals surface area (Å²) in [5, 5.41) is 3.84. The van der Waals surface area contributed by atoms with Gasteiger partial charge in [-0.3, -0.25) is 0 Å². The molecule has 0 unspecified atom stereocenters. The van der Waals surface area contributed by atoms with E-state index in [0.717, 1.165) is 15.8 Å². The van der Waals surface area contributed by atoms with Crippen molar-refractivity contribution in [3.8, 4) is 0 Å². The Morgan fingerprint density at radius 1 is 1.21 bits per heavy atom.